The number of ketones is 1. The minimum Gasteiger partial charge on any atom is -0.398 e. The minimum absolute atomic E-state index is 0.251. The van der Waals surface area contributed by atoms with Crippen LogP contribution in [0, 0.1) is 12.7 Å². The van der Waals surface area contributed by atoms with Gasteiger partial charge in [0.15, 0.2) is 5.78 Å². The molecule has 0 aliphatic heterocycles. The summed E-state index contributed by atoms with van der Waals surface area (Å²) < 4.78 is 15.1. The number of halogens is 3. The number of anilines is 1. The van der Waals surface area contributed by atoms with Crippen LogP contribution in [0.2, 0.25) is 0 Å². The third kappa shape index (κ3) is 2.50. The molecule has 0 atom stereocenters. The third-order valence-electron chi connectivity index (χ3n) is 2.55. The SMILES string of the molecule is Cc1c(N)cc(C(=O)c2cc(Br)sc2Br)cc1F. The van der Waals surface area contributed by atoms with Gasteiger partial charge in [-0.05, 0) is 57.0 Å². The molecule has 94 valence electrons. The topological polar surface area (TPSA) is 43.1 Å². The van der Waals surface area contributed by atoms with E-state index in [1.165, 1.54) is 23.5 Å². The highest BCUT2D eigenvalue weighted by molar-refractivity contribution is 9.12. The molecule has 2 nitrogen and oxygen atoms in total. The summed E-state index contributed by atoms with van der Waals surface area (Å²) in [5, 5.41) is 0. The van der Waals surface area contributed by atoms with Crippen LogP contribution in [0.15, 0.2) is 25.8 Å². The molecule has 0 bridgehead atoms. The number of carbonyl (C=O) groups is 1. The van der Waals surface area contributed by atoms with Gasteiger partial charge in [-0.25, -0.2) is 4.39 Å². The Labute approximate surface area is 124 Å². The maximum Gasteiger partial charge on any atom is 0.195 e. The lowest BCUT2D eigenvalue weighted by molar-refractivity contribution is 0.103. The van der Waals surface area contributed by atoms with Crippen LogP contribution in [0.25, 0.3) is 0 Å². The van der Waals surface area contributed by atoms with Crippen molar-refractivity contribution in [3.8, 4) is 0 Å². The van der Waals surface area contributed by atoms with Gasteiger partial charge in [0.05, 0.1) is 7.57 Å². The molecule has 0 aliphatic carbocycles. The van der Waals surface area contributed by atoms with Gasteiger partial charge in [-0.1, -0.05) is 0 Å². The van der Waals surface area contributed by atoms with Gasteiger partial charge in [0, 0.05) is 22.4 Å². The second-order valence-corrected chi connectivity index (χ2v) is 7.49. The molecule has 0 fully saturated rings. The normalized spacial score (nSPS) is 10.7. The van der Waals surface area contributed by atoms with Crippen LogP contribution in [0.4, 0.5) is 10.1 Å². The second-order valence-electron chi connectivity index (χ2n) is 3.74. The van der Waals surface area contributed by atoms with Gasteiger partial charge in [0.1, 0.15) is 5.82 Å². The zero-order valence-electron chi connectivity index (χ0n) is 9.26. The molecule has 0 unspecified atom stereocenters. The first kappa shape index (κ1) is 13.7. The second kappa shape index (κ2) is 5.11. The van der Waals surface area contributed by atoms with Crippen LogP contribution in [0.5, 0.6) is 0 Å². The fraction of sp³-hybridized carbons (Fsp3) is 0.0833. The predicted octanol–water partition coefficient (Wildman–Crippen LogP) is 4.53. The molecule has 1 aromatic carbocycles. The summed E-state index contributed by atoms with van der Waals surface area (Å²) in [6.45, 7) is 1.58. The van der Waals surface area contributed by atoms with Crippen molar-refractivity contribution in [1.29, 1.82) is 0 Å². The molecule has 2 N–H and O–H groups in total. The Morgan fingerprint density at radius 3 is 2.50 bits per heavy atom. The molecule has 1 heterocycles. The molecule has 2 aromatic rings. The Morgan fingerprint density at radius 2 is 2.00 bits per heavy atom. The summed E-state index contributed by atoms with van der Waals surface area (Å²) in [5.74, 6) is -0.724. The molecule has 0 saturated carbocycles. The number of hydrogen-bond acceptors (Lipinski definition) is 3. The van der Waals surface area contributed by atoms with E-state index >= 15 is 0 Å². The highest BCUT2D eigenvalue weighted by Crippen LogP contribution is 2.33. The van der Waals surface area contributed by atoms with Crippen LogP contribution < -0.4 is 5.73 Å². The zero-order valence-corrected chi connectivity index (χ0v) is 13.2. The van der Waals surface area contributed by atoms with E-state index in [2.05, 4.69) is 31.9 Å². The number of rotatable bonds is 2. The number of hydrogen-bond donors (Lipinski definition) is 1. The quantitative estimate of drug-likeness (QED) is 0.602. The average molecular weight is 393 g/mol. The maximum atomic E-state index is 13.6. The molecule has 0 amide bonds. The average Bonchev–Trinajstić information content (AvgIpc) is 2.63. The van der Waals surface area contributed by atoms with Gasteiger partial charge in [-0.3, -0.25) is 4.79 Å². The van der Waals surface area contributed by atoms with E-state index in [0.29, 0.717) is 14.9 Å². The van der Waals surface area contributed by atoms with Gasteiger partial charge < -0.3 is 5.73 Å². The van der Waals surface area contributed by atoms with Crippen LogP contribution in [0.1, 0.15) is 21.5 Å². The molecule has 0 aliphatic rings. The summed E-state index contributed by atoms with van der Waals surface area (Å²) in [5.41, 5.74) is 7.06. The van der Waals surface area contributed by atoms with Gasteiger partial charge in [0.2, 0.25) is 0 Å². The molecular formula is C12H8Br2FNOS. The summed E-state index contributed by atoms with van der Waals surface area (Å²) in [4.78, 5) is 12.2. The minimum atomic E-state index is -0.469. The molecule has 0 spiro atoms. The molecule has 1 aromatic heterocycles. The van der Waals surface area contributed by atoms with E-state index in [4.69, 9.17) is 5.73 Å². The van der Waals surface area contributed by atoms with E-state index < -0.39 is 5.82 Å². The molecule has 6 heteroatoms. The van der Waals surface area contributed by atoms with Crippen molar-refractivity contribution >= 4 is 54.7 Å². The summed E-state index contributed by atoms with van der Waals surface area (Å²) in [6, 6.07) is 4.41. The van der Waals surface area contributed by atoms with E-state index in [1.54, 1.807) is 13.0 Å². The van der Waals surface area contributed by atoms with Crippen molar-refractivity contribution in [3.63, 3.8) is 0 Å². The number of nitrogens with two attached hydrogens (primary N) is 1. The highest BCUT2D eigenvalue weighted by Gasteiger charge is 2.17. The standard InChI is InChI=1S/C12H8Br2FNOS/c1-5-8(15)2-6(3-9(5)16)11(17)7-4-10(13)18-12(7)14/h2-4H,16H2,1H3. The third-order valence-corrected chi connectivity index (χ3v) is 4.89. The summed E-state index contributed by atoms with van der Waals surface area (Å²) in [7, 11) is 0. The van der Waals surface area contributed by atoms with Gasteiger partial charge in [-0.2, -0.15) is 0 Å². The molecule has 18 heavy (non-hydrogen) atoms. The van der Waals surface area contributed by atoms with Crippen LogP contribution in [-0.2, 0) is 0 Å². The molecule has 2 rings (SSSR count). The Morgan fingerprint density at radius 1 is 1.33 bits per heavy atom. The lowest BCUT2D eigenvalue weighted by Gasteiger charge is -2.05. The fourth-order valence-electron chi connectivity index (χ4n) is 1.48. The number of carbonyl (C=O) groups excluding carboxylic acids is 1. The predicted molar refractivity (Wildman–Crippen MR) is 78.7 cm³/mol. The van der Waals surface area contributed by atoms with E-state index in [1.807, 2.05) is 0 Å². The lowest BCUT2D eigenvalue weighted by Crippen LogP contribution is -2.04. The number of thiophene rings is 1. The van der Waals surface area contributed by atoms with Crippen molar-refractivity contribution in [2.75, 3.05) is 5.73 Å². The van der Waals surface area contributed by atoms with Crippen LogP contribution >= 0.6 is 43.2 Å². The lowest BCUT2D eigenvalue weighted by atomic mass is 10.0. The number of nitrogen functional groups attached to an aromatic ring is 1. The Hall–Kier alpha value is -0.720. The van der Waals surface area contributed by atoms with Gasteiger partial charge >= 0.3 is 0 Å². The van der Waals surface area contributed by atoms with E-state index in [0.717, 1.165) is 3.79 Å². The van der Waals surface area contributed by atoms with Crippen molar-refractivity contribution in [3.05, 3.63) is 48.3 Å². The summed E-state index contributed by atoms with van der Waals surface area (Å²) >= 11 is 8.00. The first-order valence-corrected chi connectivity index (χ1v) is 7.35. The maximum absolute atomic E-state index is 13.6. The fourth-order valence-corrected chi connectivity index (χ4v) is 4.28. The smallest absolute Gasteiger partial charge is 0.195 e. The van der Waals surface area contributed by atoms with Gasteiger partial charge in [-0.15, -0.1) is 11.3 Å². The van der Waals surface area contributed by atoms with Crippen molar-refractivity contribution < 1.29 is 9.18 Å². The Kier molecular flexibility index (Phi) is 3.89. The zero-order chi connectivity index (χ0) is 13.4. The van der Waals surface area contributed by atoms with Crippen molar-refractivity contribution in [1.82, 2.24) is 0 Å². The molecular weight excluding hydrogens is 385 g/mol. The first-order chi connectivity index (χ1) is 8.40. The monoisotopic (exact) mass is 391 g/mol. The van der Waals surface area contributed by atoms with Crippen molar-refractivity contribution in [2.45, 2.75) is 6.92 Å². The first-order valence-electron chi connectivity index (χ1n) is 4.95. The van der Waals surface area contributed by atoms with E-state index in [-0.39, 0.29) is 17.0 Å². The largest absolute Gasteiger partial charge is 0.398 e. The van der Waals surface area contributed by atoms with Crippen LogP contribution in [0.3, 0.4) is 0 Å². The highest BCUT2D eigenvalue weighted by atomic mass is 79.9. The Bertz CT molecular complexity index is 616. The van der Waals surface area contributed by atoms with Crippen molar-refractivity contribution in [2.24, 2.45) is 0 Å². The van der Waals surface area contributed by atoms with Gasteiger partial charge in [0.25, 0.3) is 0 Å². The summed E-state index contributed by atoms with van der Waals surface area (Å²) in [6.07, 6.45) is 0. The molecule has 0 saturated heterocycles. The Balaban J connectivity index is 2.50. The number of benzene rings is 1. The molecule has 0 radical (unpaired) electrons. The van der Waals surface area contributed by atoms with E-state index in [9.17, 15) is 9.18 Å². The van der Waals surface area contributed by atoms with Crippen LogP contribution in [-0.4, -0.2) is 5.78 Å².